The zero-order valence-electron chi connectivity index (χ0n) is 35.6. The average Bonchev–Trinajstić information content (AvgIpc) is 3.68. The Balaban J connectivity index is 0.913. The highest BCUT2D eigenvalue weighted by Crippen LogP contribution is 2.70. The second kappa shape index (κ2) is 16.5. The molecule has 0 aromatic heterocycles. The number of aliphatic hydroxyl groups is 8. The summed E-state index contributed by atoms with van der Waals surface area (Å²) in [5.74, 6) is 2.65. The van der Waals surface area contributed by atoms with Crippen LogP contribution < -0.4 is 0 Å². The molecule has 25 atom stereocenters. The number of hydrogen-bond donors (Lipinski definition) is 8. The van der Waals surface area contributed by atoms with E-state index in [1.807, 2.05) is 0 Å². The van der Waals surface area contributed by atoms with E-state index in [1.54, 1.807) is 0 Å². The highest BCUT2D eigenvalue weighted by Gasteiger charge is 2.69. The Morgan fingerprint density at radius 3 is 2.22 bits per heavy atom. The summed E-state index contributed by atoms with van der Waals surface area (Å²) in [5.41, 5.74) is 1.54. The van der Waals surface area contributed by atoms with Crippen molar-refractivity contribution in [3.05, 3.63) is 11.6 Å². The van der Waals surface area contributed by atoms with Crippen molar-refractivity contribution in [3.8, 4) is 0 Å². The van der Waals surface area contributed by atoms with Crippen molar-refractivity contribution >= 4 is 0 Å². The molecule has 9 rings (SSSR count). The molecule has 0 radical (unpaired) electrons. The molecule has 16 heteroatoms. The van der Waals surface area contributed by atoms with Gasteiger partial charge in [0, 0.05) is 12.3 Å². The summed E-state index contributed by atoms with van der Waals surface area (Å²) in [6.07, 6.45) is -9.25. The number of rotatable bonds is 7. The molecule has 5 saturated heterocycles. The quantitative estimate of drug-likeness (QED) is 0.166. The van der Waals surface area contributed by atoms with Gasteiger partial charge in [-0.05, 0) is 98.7 Å². The average molecular weight is 855 g/mol. The number of hydrogen-bond acceptors (Lipinski definition) is 16. The van der Waals surface area contributed by atoms with E-state index >= 15 is 0 Å². The first kappa shape index (κ1) is 44.3. The minimum atomic E-state index is -1.70. The Morgan fingerprint density at radius 2 is 1.48 bits per heavy atom. The predicted octanol–water partition coefficient (Wildman–Crippen LogP) is 0.853. The first-order chi connectivity index (χ1) is 28.5. The van der Waals surface area contributed by atoms with E-state index in [-0.39, 0.29) is 29.6 Å². The summed E-state index contributed by atoms with van der Waals surface area (Å²) in [6, 6.07) is 0. The van der Waals surface area contributed by atoms with Gasteiger partial charge in [0.25, 0.3) is 0 Å². The minimum absolute atomic E-state index is 0.0142. The van der Waals surface area contributed by atoms with Crippen LogP contribution in [-0.4, -0.2) is 165 Å². The van der Waals surface area contributed by atoms with Crippen LogP contribution >= 0.6 is 0 Å². The number of fused-ring (bicyclic) bond motifs is 7. The van der Waals surface area contributed by atoms with E-state index in [0.717, 1.165) is 45.1 Å². The van der Waals surface area contributed by atoms with Crippen molar-refractivity contribution in [2.24, 2.45) is 46.3 Å². The molecule has 0 aromatic rings. The van der Waals surface area contributed by atoms with Gasteiger partial charge in [-0.1, -0.05) is 39.3 Å². The van der Waals surface area contributed by atoms with Gasteiger partial charge in [-0.3, -0.25) is 0 Å². The molecule has 1 spiro atoms. The van der Waals surface area contributed by atoms with Gasteiger partial charge in [0.2, 0.25) is 0 Å². The minimum Gasteiger partial charge on any atom is -0.394 e. The lowest BCUT2D eigenvalue weighted by molar-refractivity contribution is -0.385. The van der Waals surface area contributed by atoms with Crippen LogP contribution in [0.3, 0.4) is 0 Å². The molecule has 0 bridgehead atoms. The highest BCUT2D eigenvalue weighted by atomic mass is 16.8. The van der Waals surface area contributed by atoms with Crippen molar-refractivity contribution in [1.29, 1.82) is 0 Å². The third-order valence-corrected chi connectivity index (χ3v) is 17.3. The fraction of sp³-hybridized carbons (Fsp3) is 0.955. The molecule has 8 fully saturated rings. The molecule has 8 N–H and O–H groups in total. The lowest BCUT2D eigenvalue weighted by Crippen LogP contribution is -2.66. The van der Waals surface area contributed by atoms with Crippen LogP contribution in [0, 0.1) is 46.3 Å². The molecule has 5 heterocycles. The normalized spacial score (nSPS) is 57.9. The zero-order chi connectivity index (χ0) is 42.6. The molecular weight excluding hydrogens is 784 g/mol. The summed E-state index contributed by atoms with van der Waals surface area (Å²) >= 11 is 0. The Bertz CT molecular complexity index is 1560. The highest BCUT2D eigenvalue weighted by molar-refractivity contribution is 5.26. The summed E-state index contributed by atoms with van der Waals surface area (Å²) < 4.78 is 49.8. The first-order valence-electron chi connectivity index (χ1n) is 22.8. The maximum absolute atomic E-state index is 11.9. The molecule has 9 aliphatic rings. The molecule has 3 saturated carbocycles. The molecule has 0 unspecified atom stereocenters. The zero-order valence-corrected chi connectivity index (χ0v) is 35.6. The van der Waals surface area contributed by atoms with Gasteiger partial charge in [-0.15, -0.1) is 0 Å². The lowest BCUT2D eigenvalue weighted by atomic mass is 9.47. The molecule has 342 valence electrons. The standard InChI is InChI=1S/C44H70O16/c1-19-8-13-44(54-17-19)20(2)30-28(60-44)15-26-24-7-6-22-14-23(9-11-42(22,4)25(24)10-12-43(26,30)5)56-41-38(59-40-35(51)33(49)31(47)21(3)55-40)36(52)37(29(16-45)57-41)58-39-34(50)32(48)27(46)18-53-39/h6,19-21,23-41,45-52H,7-18H2,1-5H3/t19-,20+,21+,23+,24+,25+,26+,27+,28+,29-,30-,31+,32+,33-,34-,35-,36+,37-,38-,39+,40+,41-,42+,43+,44-/m1/s1. The van der Waals surface area contributed by atoms with Crippen molar-refractivity contribution < 1.29 is 78.7 Å². The fourth-order valence-corrected chi connectivity index (χ4v) is 13.7. The molecule has 0 amide bonds. The fourth-order valence-electron chi connectivity index (χ4n) is 13.7. The first-order valence-corrected chi connectivity index (χ1v) is 22.8. The van der Waals surface area contributed by atoms with Gasteiger partial charge in [-0.2, -0.15) is 0 Å². The van der Waals surface area contributed by atoms with Crippen LogP contribution in [0.5, 0.6) is 0 Å². The topological polar surface area (TPSA) is 236 Å². The van der Waals surface area contributed by atoms with Gasteiger partial charge in [0.05, 0.1) is 38.1 Å². The Morgan fingerprint density at radius 1 is 0.733 bits per heavy atom. The van der Waals surface area contributed by atoms with Crippen LogP contribution in [0.2, 0.25) is 0 Å². The molecule has 0 aromatic carbocycles. The second-order valence-corrected chi connectivity index (χ2v) is 20.6. The Kier molecular flexibility index (Phi) is 12.2. The largest absolute Gasteiger partial charge is 0.394 e. The van der Waals surface area contributed by atoms with Gasteiger partial charge in [-0.25, -0.2) is 0 Å². The van der Waals surface area contributed by atoms with Gasteiger partial charge in [0.15, 0.2) is 24.7 Å². The van der Waals surface area contributed by atoms with E-state index in [9.17, 15) is 40.9 Å². The SMILES string of the molecule is C[C@@H]1CC[C@@]2(OC1)O[C@H]1C[C@H]3[C@H]4CC=C5C[C@@H](O[C@@H]6O[C@H](CO)[C@@H](O[C@@H]7OC[C@H](O)[C@H](O)[C@H]7O)[C@H](O)[C@H]6O[C@@H]6O[C@@H](C)[C@H](O)[C@@H](O)[C@H]6O)CC[C@]5(C)[C@H]4CC[C@]3(C)[C@@H]1[C@@H]2C. The maximum atomic E-state index is 11.9. The number of aliphatic hydroxyl groups excluding tert-OH is 8. The number of ether oxygens (including phenoxy) is 8. The van der Waals surface area contributed by atoms with Crippen LogP contribution in [0.1, 0.15) is 92.4 Å². The second-order valence-electron chi connectivity index (χ2n) is 20.6. The maximum Gasteiger partial charge on any atom is 0.187 e. The van der Waals surface area contributed by atoms with Crippen LogP contribution in [0.15, 0.2) is 11.6 Å². The lowest BCUT2D eigenvalue weighted by Gasteiger charge is -2.58. The molecule has 60 heavy (non-hydrogen) atoms. The van der Waals surface area contributed by atoms with Crippen molar-refractivity contribution in [3.63, 3.8) is 0 Å². The summed E-state index contributed by atoms with van der Waals surface area (Å²) in [5, 5.41) is 85.1. The summed E-state index contributed by atoms with van der Waals surface area (Å²) in [4.78, 5) is 0. The molecular formula is C44H70O16. The van der Waals surface area contributed by atoms with E-state index in [4.69, 9.17) is 37.9 Å². The number of allylic oxidation sites excluding steroid dienone is 1. The monoisotopic (exact) mass is 854 g/mol. The summed E-state index contributed by atoms with van der Waals surface area (Å²) in [7, 11) is 0. The van der Waals surface area contributed by atoms with Crippen molar-refractivity contribution in [1.82, 2.24) is 0 Å². The Hall–Kier alpha value is -0.900. The predicted molar refractivity (Wildman–Crippen MR) is 208 cm³/mol. The van der Waals surface area contributed by atoms with E-state index in [0.29, 0.717) is 48.3 Å². The van der Waals surface area contributed by atoms with Crippen LogP contribution in [-0.2, 0) is 37.9 Å². The van der Waals surface area contributed by atoms with Gasteiger partial charge >= 0.3 is 0 Å². The molecule has 4 aliphatic carbocycles. The van der Waals surface area contributed by atoms with Gasteiger partial charge in [0.1, 0.15) is 61.0 Å². The smallest absolute Gasteiger partial charge is 0.187 e. The third kappa shape index (κ3) is 7.19. The Labute approximate surface area is 352 Å². The molecule has 16 nitrogen and oxygen atoms in total. The van der Waals surface area contributed by atoms with Crippen molar-refractivity contribution in [2.45, 2.75) is 196 Å². The van der Waals surface area contributed by atoms with E-state index in [1.165, 1.54) is 18.9 Å². The van der Waals surface area contributed by atoms with E-state index < -0.39 is 98.4 Å². The summed E-state index contributed by atoms with van der Waals surface area (Å²) in [6.45, 7) is 10.9. The van der Waals surface area contributed by atoms with Crippen LogP contribution in [0.4, 0.5) is 0 Å². The molecule has 5 aliphatic heterocycles. The van der Waals surface area contributed by atoms with Crippen LogP contribution in [0.25, 0.3) is 0 Å². The third-order valence-electron chi connectivity index (χ3n) is 17.3. The van der Waals surface area contributed by atoms with E-state index in [2.05, 4.69) is 33.8 Å². The van der Waals surface area contributed by atoms with Crippen molar-refractivity contribution in [2.75, 3.05) is 19.8 Å². The van der Waals surface area contributed by atoms with Gasteiger partial charge < -0.3 is 78.7 Å².